The van der Waals surface area contributed by atoms with Gasteiger partial charge in [-0.05, 0) is 51.5 Å². The fourth-order valence-electron chi connectivity index (χ4n) is 3.98. The number of benzene rings is 1. The molecule has 2 N–H and O–H groups in total. The Morgan fingerprint density at radius 2 is 1.94 bits per heavy atom. The summed E-state index contributed by atoms with van der Waals surface area (Å²) in [7, 11) is 1.66. The van der Waals surface area contributed by atoms with E-state index in [4.69, 9.17) is 9.26 Å². The molecule has 0 atom stereocenters. The van der Waals surface area contributed by atoms with E-state index in [2.05, 4.69) is 36.5 Å². The lowest BCUT2D eigenvalue weighted by Gasteiger charge is -2.11. The molecule has 5 aromatic rings. The first-order valence-corrected chi connectivity index (χ1v) is 9.95. The van der Waals surface area contributed by atoms with Gasteiger partial charge in [0.1, 0.15) is 28.8 Å². The maximum atomic E-state index is 5.75. The van der Waals surface area contributed by atoms with Crippen LogP contribution in [0.5, 0.6) is 5.75 Å². The van der Waals surface area contributed by atoms with Crippen molar-refractivity contribution in [2.24, 2.45) is 0 Å². The van der Waals surface area contributed by atoms with E-state index in [-0.39, 0.29) is 0 Å². The van der Waals surface area contributed by atoms with Crippen molar-refractivity contribution >= 4 is 33.4 Å². The Kier molecular flexibility index (Phi) is 4.35. The minimum atomic E-state index is 0.668. The maximum absolute atomic E-state index is 5.75. The van der Waals surface area contributed by atoms with Crippen molar-refractivity contribution in [2.45, 2.75) is 27.7 Å². The summed E-state index contributed by atoms with van der Waals surface area (Å²) in [6.07, 6.45) is 3.57. The number of aromatic nitrogens is 5. The third kappa shape index (κ3) is 3.07. The van der Waals surface area contributed by atoms with Crippen molar-refractivity contribution < 1.29 is 9.26 Å². The zero-order chi connectivity index (χ0) is 21.7. The van der Waals surface area contributed by atoms with E-state index in [1.807, 2.05) is 39.8 Å². The maximum Gasteiger partial charge on any atom is 0.144 e. The lowest BCUT2D eigenvalue weighted by Crippen LogP contribution is -2.00. The summed E-state index contributed by atoms with van der Waals surface area (Å²) in [5.74, 6) is 2.86. The van der Waals surface area contributed by atoms with Gasteiger partial charge in [-0.2, -0.15) is 0 Å². The molecule has 1 aromatic carbocycles. The molecule has 31 heavy (non-hydrogen) atoms. The molecule has 4 heterocycles. The number of nitrogens with one attached hydrogen (secondary N) is 2. The summed E-state index contributed by atoms with van der Waals surface area (Å²) in [6, 6.07) is 6.02. The monoisotopic (exact) mass is 414 g/mol. The van der Waals surface area contributed by atoms with Crippen LogP contribution in [0.15, 0.2) is 35.1 Å². The zero-order valence-electron chi connectivity index (χ0n) is 18.0. The van der Waals surface area contributed by atoms with E-state index >= 15 is 0 Å². The zero-order valence-corrected chi connectivity index (χ0v) is 18.0. The van der Waals surface area contributed by atoms with Gasteiger partial charge in [-0.1, -0.05) is 5.16 Å². The molecule has 0 bridgehead atoms. The number of hydrogen-bond donors (Lipinski definition) is 2. The van der Waals surface area contributed by atoms with Crippen LogP contribution in [0.1, 0.15) is 22.8 Å². The van der Waals surface area contributed by atoms with Crippen LogP contribution in [0.2, 0.25) is 0 Å². The number of rotatable bonds is 4. The van der Waals surface area contributed by atoms with Gasteiger partial charge in [-0.3, -0.25) is 4.98 Å². The molecule has 8 nitrogen and oxygen atoms in total. The number of anilines is 2. The summed E-state index contributed by atoms with van der Waals surface area (Å²) in [6.45, 7) is 7.73. The van der Waals surface area contributed by atoms with E-state index in [1.54, 1.807) is 19.5 Å². The van der Waals surface area contributed by atoms with Crippen LogP contribution in [0.4, 0.5) is 11.5 Å². The molecule has 156 valence electrons. The topological polar surface area (TPSA) is 102 Å². The number of hydrogen-bond acceptors (Lipinski definition) is 7. The highest BCUT2D eigenvalue weighted by Gasteiger charge is 2.20. The molecular formula is C23H22N6O2. The number of aromatic amines is 1. The second-order valence-electron chi connectivity index (χ2n) is 7.58. The summed E-state index contributed by atoms with van der Waals surface area (Å²) < 4.78 is 11.1. The van der Waals surface area contributed by atoms with Crippen LogP contribution in [0.25, 0.3) is 33.1 Å². The van der Waals surface area contributed by atoms with Gasteiger partial charge in [0, 0.05) is 22.7 Å². The fourth-order valence-corrected chi connectivity index (χ4v) is 3.98. The van der Waals surface area contributed by atoms with Crippen LogP contribution in [-0.4, -0.2) is 32.2 Å². The van der Waals surface area contributed by atoms with E-state index < -0.39 is 0 Å². The van der Waals surface area contributed by atoms with Crippen LogP contribution < -0.4 is 10.1 Å². The first-order valence-electron chi connectivity index (χ1n) is 9.95. The summed E-state index contributed by atoms with van der Waals surface area (Å²) in [5.41, 5.74) is 6.33. The lowest BCUT2D eigenvalue weighted by molar-refractivity contribution is 0.393. The normalized spacial score (nSPS) is 11.4. The molecule has 0 unspecified atom stereocenters. The van der Waals surface area contributed by atoms with Crippen molar-refractivity contribution in [2.75, 3.05) is 12.4 Å². The molecular weight excluding hydrogens is 392 g/mol. The van der Waals surface area contributed by atoms with Gasteiger partial charge >= 0.3 is 0 Å². The van der Waals surface area contributed by atoms with Crippen molar-refractivity contribution in [3.63, 3.8) is 0 Å². The highest BCUT2D eigenvalue weighted by Crippen LogP contribution is 2.41. The largest absolute Gasteiger partial charge is 0.496 e. The predicted molar refractivity (Wildman–Crippen MR) is 120 cm³/mol. The van der Waals surface area contributed by atoms with Gasteiger partial charge < -0.3 is 19.6 Å². The van der Waals surface area contributed by atoms with Crippen LogP contribution in [0.3, 0.4) is 0 Å². The van der Waals surface area contributed by atoms with E-state index in [9.17, 15) is 0 Å². The Labute approximate surface area is 178 Å². The Hall–Kier alpha value is -3.94. The Morgan fingerprint density at radius 3 is 2.65 bits per heavy atom. The first kappa shape index (κ1) is 19.0. The number of fused-ring (bicyclic) bond motifs is 3. The SMILES string of the molecule is COc1cc2c(cc1-c1c(C)noc1C)[nH]c1nc(C)nc(Nc3cnccc3C)c12. The number of ether oxygens (including phenoxy) is 1. The average Bonchev–Trinajstić information content (AvgIpc) is 3.26. The molecule has 0 amide bonds. The third-order valence-electron chi connectivity index (χ3n) is 5.48. The third-order valence-corrected chi connectivity index (χ3v) is 5.48. The molecule has 0 aliphatic carbocycles. The van der Waals surface area contributed by atoms with Gasteiger partial charge in [0.2, 0.25) is 0 Å². The molecule has 0 saturated carbocycles. The quantitative estimate of drug-likeness (QED) is 0.419. The number of methoxy groups -OCH3 is 1. The number of H-pyrrole nitrogens is 1. The number of aryl methyl sites for hydroxylation is 4. The summed E-state index contributed by atoms with van der Waals surface area (Å²) >= 11 is 0. The molecule has 0 spiro atoms. The minimum absolute atomic E-state index is 0.668. The smallest absolute Gasteiger partial charge is 0.144 e. The molecule has 5 rings (SSSR count). The van der Waals surface area contributed by atoms with Crippen molar-refractivity contribution in [1.82, 2.24) is 25.1 Å². The summed E-state index contributed by atoms with van der Waals surface area (Å²) in [4.78, 5) is 17.0. The van der Waals surface area contributed by atoms with Crippen molar-refractivity contribution in [1.29, 1.82) is 0 Å². The Morgan fingerprint density at radius 1 is 1.10 bits per heavy atom. The van der Waals surface area contributed by atoms with Crippen LogP contribution in [0, 0.1) is 27.7 Å². The summed E-state index contributed by atoms with van der Waals surface area (Å²) in [5, 5.41) is 9.39. The van der Waals surface area contributed by atoms with Crippen molar-refractivity contribution in [3.05, 3.63) is 53.4 Å². The molecule has 0 aliphatic heterocycles. The number of pyridine rings is 1. The molecule has 0 radical (unpaired) electrons. The first-order chi connectivity index (χ1) is 15.0. The van der Waals surface area contributed by atoms with E-state index in [0.717, 1.165) is 67.3 Å². The highest BCUT2D eigenvalue weighted by molar-refractivity contribution is 6.13. The van der Waals surface area contributed by atoms with Gasteiger partial charge in [0.25, 0.3) is 0 Å². The van der Waals surface area contributed by atoms with Gasteiger partial charge in [-0.15, -0.1) is 0 Å². The molecule has 4 aromatic heterocycles. The van der Waals surface area contributed by atoms with E-state index in [0.29, 0.717) is 5.82 Å². The van der Waals surface area contributed by atoms with Crippen LogP contribution in [-0.2, 0) is 0 Å². The molecule has 0 saturated heterocycles. The highest BCUT2D eigenvalue weighted by atomic mass is 16.5. The molecule has 0 aliphatic rings. The number of nitrogens with zero attached hydrogens (tertiary/aromatic N) is 4. The van der Waals surface area contributed by atoms with Crippen LogP contribution >= 0.6 is 0 Å². The van der Waals surface area contributed by atoms with Crippen molar-refractivity contribution in [3.8, 4) is 16.9 Å². The van der Waals surface area contributed by atoms with Gasteiger partial charge in [-0.25, -0.2) is 9.97 Å². The van der Waals surface area contributed by atoms with Gasteiger partial charge in [0.15, 0.2) is 0 Å². The fraction of sp³-hybridized carbons (Fsp3) is 0.217. The molecule has 8 heteroatoms. The predicted octanol–water partition coefficient (Wildman–Crippen LogP) is 5.15. The molecule has 0 fully saturated rings. The van der Waals surface area contributed by atoms with Gasteiger partial charge in [0.05, 0.1) is 35.6 Å². The minimum Gasteiger partial charge on any atom is -0.496 e. The Balaban J connectivity index is 1.77. The van der Waals surface area contributed by atoms with E-state index in [1.165, 1.54) is 0 Å². The Bertz CT molecular complexity index is 1430. The average molecular weight is 414 g/mol. The lowest BCUT2D eigenvalue weighted by atomic mass is 10.0. The standard InChI is InChI=1S/C23H22N6O2/c1-11-6-7-24-10-18(11)28-23-21-15-9-19(30-5)16(20-12(2)29-31-13(20)3)8-17(15)27-22(21)25-14(4)26-23/h6-10H,1-5H3,(H2,25,26,27,28). The second kappa shape index (κ2) is 7.09. The second-order valence-corrected chi connectivity index (χ2v) is 7.58.